The fourth-order valence-corrected chi connectivity index (χ4v) is 2.94. The molecule has 3 N–H and O–H groups in total. The van der Waals surface area contributed by atoms with Crippen molar-refractivity contribution in [2.24, 2.45) is 17.6 Å². The van der Waals surface area contributed by atoms with Crippen LogP contribution in [0.5, 0.6) is 0 Å². The minimum atomic E-state index is -0.572. The lowest BCUT2D eigenvalue weighted by molar-refractivity contribution is 0.00503. The van der Waals surface area contributed by atoms with Crippen LogP contribution in [0.4, 0.5) is 0 Å². The molecule has 0 bridgehead atoms. The van der Waals surface area contributed by atoms with E-state index in [0.29, 0.717) is 12.5 Å². The van der Waals surface area contributed by atoms with E-state index in [0.717, 1.165) is 44.7 Å². The van der Waals surface area contributed by atoms with E-state index >= 15 is 0 Å². The predicted octanol–water partition coefficient (Wildman–Crippen LogP) is 1.84. The second kappa shape index (κ2) is 6.72. The summed E-state index contributed by atoms with van der Waals surface area (Å²) in [6.45, 7) is 7.19. The number of hydrogen-bond donors (Lipinski definition) is 2. The van der Waals surface area contributed by atoms with Crippen LogP contribution >= 0.6 is 0 Å². The molecule has 1 aliphatic rings. The molecule has 0 aromatic heterocycles. The zero-order valence-corrected chi connectivity index (χ0v) is 11.8. The van der Waals surface area contributed by atoms with Gasteiger partial charge in [-0.15, -0.1) is 0 Å². The zero-order chi connectivity index (χ0) is 12.9. The number of rotatable bonds is 7. The number of nitrogens with zero attached hydrogens (tertiary/aromatic N) is 1. The van der Waals surface area contributed by atoms with Crippen molar-refractivity contribution in [3.8, 4) is 0 Å². The fourth-order valence-electron chi connectivity index (χ4n) is 2.94. The van der Waals surface area contributed by atoms with E-state index in [-0.39, 0.29) is 0 Å². The first-order chi connectivity index (χ1) is 8.01. The second-order valence-corrected chi connectivity index (χ2v) is 5.96. The van der Waals surface area contributed by atoms with E-state index in [1.807, 2.05) is 0 Å². The predicted molar refractivity (Wildman–Crippen MR) is 72.9 cm³/mol. The fraction of sp³-hybridized carbons (Fsp3) is 1.00. The van der Waals surface area contributed by atoms with Gasteiger partial charge in [-0.1, -0.05) is 26.7 Å². The van der Waals surface area contributed by atoms with Gasteiger partial charge in [0, 0.05) is 13.1 Å². The van der Waals surface area contributed by atoms with Gasteiger partial charge >= 0.3 is 0 Å². The first-order valence-corrected chi connectivity index (χ1v) is 7.12. The molecule has 0 aromatic rings. The van der Waals surface area contributed by atoms with Crippen LogP contribution in [-0.4, -0.2) is 42.3 Å². The maximum atomic E-state index is 10.4. The van der Waals surface area contributed by atoms with E-state index < -0.39 is 5.60 Å². The first kappa shape index (κ1) is 14.9. The van der Waals surface area contributed by atoms with Gasteiger partial charge in [0.2, 0.25) is 0 Å². The molecule has 0 saturated heterocycles. The number of aliphatic hydroxyl groups is 1. The lowest BCUT2D eigenvalue weighted by Gasteiger charge is -2.30. The van der Waals surface area contributed by atoms with Crippen LogP contribution in [0.25, 0.3) is 0 Å². The molecular weight excluding hydrogens is 212 g/mol. The van der Waals surface area contributed by atoms with Gasteiger partial charge in [0.05, 0.1) is 5.60 Å². The van der Waals surface area contributed by atoms with Gasteiger partial charge in [0.25, 0.3) is 0 Å². The van der Waals surface area contributed by atoms with Crippen molar-refractivity contribution in [3.63, 3.8) is 0 Å². The summed E-state index contributed by atoms with van der Waals surface area (Å²) >= 11 is 0. The second-order valence-electron chi connectivity index (χ2n) is 5.96. The van der Waals surface area contributed by atoms with Crippen LogP contribution in [0.3, 0.4) is 0 Å². The van der Waals surface area contributed by atoms with Crippen LogP contribution < -0.4 is 5.73 Å². The molecule has 0 spiro atoms. The monoisotopic (exact) mass is 242 g/mol. The molecule has 1 rings (SSSR count). The van der Waals surface area contributed by atoms with Gasteiger partial charge in [-0.25, -0.2) is 0 Å². The third-order valence-electron chi connectivity index (χ3n) is 4.46. The zero-order valence-electron chi connectivity index (χ0n) is 11.8. The molecule has 0 aliphatic heterocycles. The molecule has 1 aliphatic carbocycles. The van der Waals surface area contributed by atoms with Crippen LogP contribution in [0.1, 0.15) is 46.0 Å². The van der Waals surface area contributed by atoms with E-state index in [2.05, 4.69) is 25.8 Å². The van der Waals surface area contributed by atoms with Crippen molar-refractivity contribution in [2.45, 2.75) is 51.6 Å². The summed E-state index contributed by atoms with van der Waals surface area (Å²) in [5.74, 6) is 1.17. The molecule has 3 heteroatoms. The van der Waals surface area contributed by atoms with Gasteiger partial charge in [-0.3, -0.25) is 0 Å². The van der Waals surface area contributed by atoms with Crippen molar-refractivity contribution < 1.29 is 5.11 Å². The van der Waals surface area contributed by atoms with Crippen molar-refractivity contribution in [1.82, 2.24) is 4.90 Å². The molecule has 0 heterocycles. The van der Waals surface area contributed by atoms with Crippen LogP contribution in [0, 0.1) is 11.8 Å². The molecule has 102 valence electrons. The van der Waals surface area contributed by atoms with Crippen LogP contribution in [0.15, 0.2) is 0 Å². The Morgan fingerprint density at radius 1 is 1.53 bits per heavy atom. The Morgan fingerprint density at radius 3 is 2.82 bits per heavy atom. The lowest BCUT2D eigenvalue weighted by atomic mass is 9.88. The van der Waals surface area contributed by atoms with Crippen molar-refractivity contribution in [1.29, 1.82) is 0 Å². The number of nitrogens with two attached hydrogens (primary N) is 1. The first-order valence-electron chi connectivity index (χ1n) is 7.12. The summed E-state index contributed by atoms with van der Waals surface area (Å²) in [5.41, 5.74) is 5.13. The maximum absolute atomic E-state index is 10.4. The van der Waals surface area contributed by atoms with E-state index in [1.165, 1.54) is 6.42 Å². The Morgan fingerprint density at radius 2 is 2.24 bits per heavy atom. The Hall–Kier alpha value is -0.120. The molecule has 3 unspecified atom stereocenters. The third-order valence-corrected chi connectivity index (χ3v) is 4.46. The Kier molecular flexibility index (Phi) is 5.90. The molecule has 0 radical (unpaired) electrons. The normalized spacial score (nSPS) is 31.1. The van der Waals surface area contributed by atoms with E-state index in [1.54, 1.807) is 0 Å². The van der Waals surface area contributed by atoms with Crippen LogP contribution in [0.2, 0.25) is 0 Å². The summed E-state index contributed by atoms with van der Waals surface area (Å²) in [7, 11) is 2.18. The Balaban J connectivity index is 2.30. The summed E-state index contributed by atoms with van der Waals surface area (Å²) in [5, 5.41) is 10.4. The summed E-state index contributed by atoms with van der Waals surface area (Å²) in [4.78, 5) is 2.39. The van der Waals surface area contributed by atoms with Gasteiger partial charge in [0.1, 0.15) is 0 Å². The summed E-state index contributed by atoms with van der Waals surface area (Å²) < 4.78 is 0. The molecule has 1 saturated carbocycles. The highest BCUT2D eigenvalue weighted by atomic mass is 16.3. The SMILES string of the molecule is CCC(C)CN(C)CCC1CCCC1(O)CN. The Labute approximate surface area is 106 Å². The average Bonchev–Trinajstić information content (AvgIpc) is 2.68. The quantitative estimate of drug-likeness (QED) is 0.716. The van der Waals surface area contributed by atoms with Gasteiger partial charge in [0.15, 0.2) is 0 Å². The molecule has 17 heavy (non-hydrogen) atoms. The maximum Gasteiger partial charge on any atom is 0.0797 e. The standard InChI is InChI=1S/C14H30N2O/c1-4-12(2)10-16(3)9-7-13-6-5-8-14(13,17)11-15/h12-13,17H,4-11,15H2,1-3H3. The van der Waals surface area contributed by atoms with Crippen molar-refractivity contribution >= 4 is 0 Å². The minimum Gasteiger partial charge on any atom is -0.388 e. The minimum absolute atomic E-state index is 0.409. The lowest BCUT2D eigenvalue weighted by Crippen LogP contribution is -2.42. The Bertz CT molecular complexity index is 222. The number of hydrogen-bond acceptors (Lipinski definition) is 3. The summed E-state index contributed by atoms with van der Waals surface area (Å²) in [6.07, 6.45) is 5.49. The van der Waals surface area contributed by atoms with Gasteiger partial charge in [-0.2, -0.15) is 0 Å². The summed E-state index contributed by atoms with van der Waals surface area (Å²) in [6, 6.07) is 0. The average molecular weight is 242 g/mol. The molecule has 3 atom stereocenters. The topological polar surface area (TPSA) is 49.5 Å². The molecule has 3 nitrogen and oxygen atoms in total. The third kappa shape index (κ3) is 4.23. The molecule has 0 aromatic carbocycles. The highest BCUT2D eigenvalue weighted by Crippen LogP contribution is 2.37. The van der Waals surface area contributed by atoms with Crippen molar-refractivity contribution in [3.05, 3.63) is 0 Å². The van der Waals surface area contributed by atoms with Crippen LogP contribution in [-0.2, 0) is 0 Å². The van der Waals surface area contributed by atoms with E-state index in [9.17, 15) is 5.11 Å². The molecular formula is C14H30N2O. The van der Waals surface area contributed by atoms with Gasteiger partial charge in [-0.05, 0) is 44.7 Å². The largest absolute Gasteiger partial charge is 0.388 e. The molecule has 0 amide bonds. The van der Waals surface area contributed by atoms with Gasteiger partial charge < -0.3 is 15.7 Å². The highest BCUT2D eigenvalue weighted by molar-refractivity contribution is 4.93. The smallest absolute Gasteiger partial charge is 0.0797 e. The highest BCUT2D eigenvalue weighted by Gasteiger charge is 2.39. The van der Waals surface area contributed by atoms with Crippen molar-refractivity contribution in [2.75, 3.05) is 26.7 Å². The molecule has 1 fully saturated rings. The van der Waals surface area contributed by atoms with E-state index in [4.69, 9.17) is 5.73 Å².